The highest BCUT2D eigenvalue weighted by Crippen LogP contribution is 2.29. The van der Waals surface area contributed by atoms with E-state index in [1.165, 1.54) is 6.33 Å². The van der Waals surface area contributed by atoms with E-state index in [2.05, 4.69) is 25.5 Å². The number of rotatable bonds is 4. The minimum atomic E-state index is -0.489. The number of aromatic nitrogens is 5. The van der Waals surface area contributed by atoms with E-state index < -0.39 is 6.04 Å². The molecule has 138 valence electrons. The Labute approximate surface area is 155 Å². The van der Waals surface area contributed by atoms with Crippen molar-refractivity contribution in [2.24, 2.45) is 0 Å². The van der Waals surface area contributed by atoms with Crippen LogP contribution in [0, 0.1) is 0 Å². The lowest BCUT2D eigenvalue weighted by molar-refractivity contribution is -0.137. The SMILES string of the molecule is CNC(=O)c1[nH]cnc1-c1nnc2n1[C@@H](C)C(=O)N(Cc1ccccc1)C2. The fraction of sp³-hybridized carbons (Fsp3) is 0.278. The summed E-state index contributed by atoms with van der Waals surface area (Å²) >= 11 is 0. The van der Waals surface area contributed by atoms with Gasteiger partial charge in [0.25, 0.3) is 5.91 Å². The lowest BCUT2D eigenvalue weighted by Gasteiger charge is -2.32. The minimum absolute atomic E-state index is 0.0237. The van der Waals surface area contributed by atoms with Crippen molar-refractivity contribution in [2.45, 2.75) is 26.1 Å². The van der Waals surface area contributed by atoms with Crippen LogP contribution >= 0.6 is 0 Å². The van der Waals surface area contributed by atoms with E-state index in [0.29, 0.717) is 36.1 Å². The Morgan fingerprint density at radius 2 is 2.07 bits per heavy atom. The van der Waals surface area contributed by atoms with Crippen molar-refractivity contribution in [1.29, 1.82) is 0 Å². The molecule has 0 aliphatic carbocycles. The van der Waals surface area contributed by atoms with Crippen LogP contribution in [0.4, 0.5) is 0 Å². The van der Waals surface area contributed by atoms with E-state index in [0.717, 1.165) is 5.56 Å². The third-order valence-corrected chi connectivity index (χ3v) is 4.68. The Kier molecular flexibility index (Phi) is 4.19. The van der Waals surface area contributed by atoms with Gasteiger partial charge >= 0.3 is 0 Å². The maximum Gasteiger partial charge on any atom is 0.269 e. The lowest BCUT2D eigenvalue weighted by Crippen LogP contribution is -2.41. The van der Waals surface area contributed by atoms with Gasteiger partial charge in [0.15, 0.2) is 11.6 Å². The molecule has 3 heterocycles. The van der Waals surface area contributed by atoms with Crippen molar-refractivity contribution in [3.8, 4) is 11.5 Å². The first-order valence-electron chi connectivity index (χ1n) is 8.62. The van der Waals surface area contributed by atoms with Crippen LogP contribution in [0.3, 0.4) is 0 Å². The summed E-state index contributed by atoms with van der Waals surface area (Å²) in [4.78, 5) is 33.8. The fourth-order valence-corrected chi connectivity index (χ4v) is 3.32. The summed E-state index contributed by atoms with van der Waals surface area (Å²) in [6.07, 6.45) is 1.43. The van der Waals surface area contributed by atoms with Gasteiger partial charge in [-0.1, -0.05) is 30.3 Å². The van der Waals surface area contributed by atoms with Gasteiger partial charge in [0, 0.05) is 13.6 Å². The van der Waals surface area contributed by atoms with Gasteiger partial charge in [0.1, 0.15) is 17.4 Å². The lowest BCUT2D eigenvalue weighted by atomic mass is 10.1. The monoisotopic (exact) mass is 365 g/mol. The second kappa shape index (κ2) is 6.67. The van der Waals surface area contributed by atoms with Crippen molar-refractivity contribution in [3.05, 3.63) is 53.7 Å². The number of aromatic amines is 1. The second-order valence-corrected chi connectivity index (χ2v) is 6.37. The van der Waals surface area contributed by atoms with Crippen molar-refractivity contribution >= 4 is 11.8 Å². The van der Waals surface area contributed by atoms with Crippen LogP contribution in [-0.4, -0.2) is 48.5 Å². The standard InChI is InChI=1S/C18H19N7O2/c1-11-18(27)24(8-12-6-4-3-5-7-12)9-13-22-23-16(25(11)13)14-15(17(26)19-2)21-10-20-14/h3-7,10-11H,8-9H2,1-2H3,(H,19,26)(H,20,21)/t11-/m0/s1. The average Bonchev–Trinajstić information content (AvgIpc) is 3.32. The molecule has 1 aliphatic heterocycles. The van der Waals surface area contributed by atoms with Crippen molar-refractivity contribution < 1.29 is 9.59 Å². The number of hydrogen-bond acceptors (Lipinski definition) is 5. The van der Waals surface area contributed by atoms with Gasteiger partial charge in [-0.05, 0) is 12.5 Å². The molecule has 2 aromatic heterocycles. The predicted molar refractivity (Wildman–Crippen MR) is 96.4 cm³/mol. The summed E-state index contributed by atoms with van der Waals surface area (Å²) in [6.45, 7) is 2.67. The topological polar surface area (TPSA) is 109 Å². The molecule has 0 saturated carbocycles. The summed E-state index contributed by atoms with van der Waals surface area (Å²) in [5, 5.41) is 11.0. The Morgan fingerprint density at radius 3 is 2.81 bits per heavy atom. The van der Waals surface area contributed by atoms with Crippen molar-refractivity contribution in [1.82, 2.24) is 34.9 Å². The van der Waals surface area contributed by atoms with Gasteiger partial charge in [-0.2, -0.15) is 0 Å². The molecule has 27 heavy (non-hydrogen) atoms. The smallest absolute Gasteiger partial charge is 0.269 e. The summed E-state index contributed by atoms with van der Waals surface area (Å²) in [6, 6.07) is 9.33. The van der Waals surface area contributed by atoms with Crippen LogP contribution in [0.15, 0.2) is 36.7 Å². The van der Waals surface area contributed by atoms with E-state index in [9.17, 15) is 9.59 Å². The Balaban J connectivity index is 1.68. The molecule has 0 radical (unpaired) electrons. The Bertz CT molecular complexity index is 992. The van der Waals surface area contributed by atoms with Crippen LogP contribution in [0.1, 0.15) is 34.8 Å². The molecule has 0 saturated heterocycles. The number of H-pyrrole nitrogens is 1. The Morgan fingerprint density at radius 1 is 1.30 bits per heavy atom. The fourth-order valence-electron chi connectivity index (χ4n) is 3.32. The number of benzene rings is 1. The van der Waals surface area contributed by atoms with Crippen molar-refractivity contribution in [2.75, 3.05) is 7.05 Å². The zero-order chi connectivity index (χ0) is 19.0. The zero-order valence-electron chi connectivity index (χ0n) is 15.0. The molecular weight excluding hydrogens is 346 g/mol. The second-order valence-electron chi connectivity index (χ2n) is 6.37. The number of imidazole rings is 1. The van der Waals surface area contributed by atoms with Crippen LogP contribution in [-0.2, 0) is 17.9 Å². The Hall–Kier alpha value is -3.49. The molecule has 1 aliphatic rings. The summed E-state index contributed by atoms with van der Waals surface area (Å²) in [7, 11) is 1.54. The van der Waals surface area contributed by atoms with Crippen LogP contribution < -0.4 is 5.32 Å². The van der Waals surface area contributed by atoms with Crippen LogP contribution in [0.2, 0.25) is 0 Å². The molecule has 0 fully saturated rings. The number of fused-ring (bicyclic) bond motifs is 1. The summed E-state index contributed by atoms with van der Waals surface area (Å²) in [5.41, 5.74) is 1.73. The molecule has 3 aromatic rings. The van der Waals surface area contributed by atoms with Crippen molar-refractivity contribution in [3.63, 3.8) is 0 Å². The first-order valence-corrected chi connectivity index (χ1v) is 8.62. The first kappa shape index (κ1) is 17.0. The normalized spacial score (nSPS) is 16.3. The van der Waals surface area contributed by atoms with E-state index in [4.69, 9.17) is 0 Å². The number of carbonyl (C=O) groups is 2. The van der Waals surface area contributed by atoms with Gasteiger partial charge < -0.3 is 15.2 Å². The van der Waals surface area contributed by atoms with Crippen LogP contribution in [0.5, 0.6) is 0 Å². The highest BCUT2D eigenvalue weighted by molar-refractivity contribution is 5.97. The molecule has 2 N–H and O–H groups in total. The van der Waals surface area contributed by atoms with E-state index >= 15 is 0 Å². The van der Waals surface area contributed by atoms with Gasteiger partial charge in [0.05, 0.1) is 12.9 Å². The molecular formula is C18H19N7O2. The predicted octanol–water partition coefficient (Wildman–Crippen LogP) is 1.13. The zero-order valence-corrected chi connectivity index (χ0v) is 15.0. The summed E-state index contributed by atoms with van der Waals surface area (Å²) in [5.74, 6) is 0.744. The van der Waals surface area contributed by atoms with Gasteiger partial charge in [-0.25, -0.2) is 4.98 Å². The average molecular weight is 365 g/mol. The molecule has 0 unspecified atom stereocenters. The largest absolute Gasteiger partial charge is 0.354 e. The van der Waals surface area contributed by atoms with Gasteiger partial charge in [-0.15, -0.1) is 10.2 Å². The highest BCUT2D eigenvalue weighted by atomic mass is 16.2. The maximum atomic E-state index is 12.9. The first-order chi connectivity index (χ1) is 13.1. The number of hydrogen-bond donors (Lipinski definition) is 2. The highest BCUT2D eigenvalue weighted by Gasteiger charge is 2.35. The maximum absolute atomic E-state index is 12.9. The molecule has 0 spiro atoms. The quantitative estimate of drug-likeness (QED) is 0.720. The number of nitrogens with zero attached hydrogens (tertiary/aromatic N) is 5. The third-order valence-electron chi connectivity index (χ3n) is 4.68. The van der Waals surface area contributed by atoms with Gasteiger partial charge in [0.2, 0.25) is 5.91 Å². The number of nitrogens with one attached hydrogen (secondary N) is 2. The van der Waals surface area contributed by atoms with Gasteiger partial charge in [-0.3, -0.25) is 14.2 Å². The molecule has 9 heteroatoms. The molecule has 4 rings (SSSR count). The molecule has 9 nitrogen and oxygen atoms in total. The number of amides is 2. The number of carbonyl (C=O) groups excluding carboxylic acids is 2. The van der Waals surface area contributed by atoms with Crippen LogP contribution in [0.25, 0.3) is 11.5 Å². The molecule has 2 amide bonds. The molecule has 1 aromatic carbocycles. The molecule has 1 atom stereocenters. The summed E-state index contributed by atoms with van der Waals surface area (Å²) < 4.78 is 1.76. The third kappa shape index (κ3) is 2.86. The minimum Gasteiger partial charge on any atom is -0.354 e. The van der Waals surface area contributed by atoms with E-state index in [1.54, 1.807) is 16.5 Å². The van der Waals surface area contributed by atoms with E-state index in [-0.39, 0.29) is 11.8 Å². The van der Waals surface area contributed by atoms with E-state index in [1.807, 2.05) is 37.3 Å². The molecule has 0 bridgehead atoms.